The highest BCUT2D eigenvalue weighted by molar-refractivity contribution is 5.80. The molecule has 1 aliphatic rings. The number of unbranched alkanes of at least 4 members (excludes halogenated alkanes) is 25. The Labute approximate surface area is 365 Å². The third kappa shape index (κ3) is 27.6. The maximum atomic E-state index is 13.2. The Hall–Kier alpha value is -1.38. The standard InChI is InChI=1S/C48H94N2O10/c1-5-6-7-8-9-10-11-12-13-14-15-16-17-18-19-20-25-28-31-34-41(54)47(58)50-39(36-59-48-43(49-38(4)52)46(57)45(56)42(35-51)60-48)44(55)40(53)33-30-27-24-22-21-23-26-29-32-37(2)3/h37,39-46,48,51,53-57H,5-36H2,1-4H3,(H,49,52)(H,50,58)/t39-,40+,41+,42-,43-,44-,45-,46-,48+/m1/s1. The lowest BCUT2D eigenvalue weighted by Crippen LogP contribution is -2.65. The molecule has 0 bridgehead atoms. The van der Waals surface area contributed by atoms with Gasteiger partial charge in [0.05, 0.1) is 25.4 Å². The van der Waals surface area contributed by atoms with Gasteiger partial charge < -0.3 is 50.7 Å². The number of rotatable bonds is 40. The summed E-state index contributed by atoms with van der Waals surface area (Å²) in [5.41, 5.74) is 0. The van der Waals surface area contributed by atoms with E-state index in [4.69, 9.17) is 9.47 Å². The van der Waals surface area contributed by atoms with E-state index in [1.807, 2.05) is 0 Å². The predicted molar refractivity (Wildman–Crippen MR) is 240 cm³/mol. The summed E-state index contributed by atoms with van der Waals surface area (Å²) >= 11 is 0. The van der Waals surface area contributed by atoms with Crippen molar-refractivity contribution in [3.05, 3.63) is 0 Å². The van der Waals surface area contributed by atoms with E-state index in [-0.39, 0.29) is 6.42 Å². The van der Waals surface area contributed by atoms with Crippen LogP contribution in [-0.2, 0) is 19.1 Å². The molecule has 9 atom stereocenters. The van der Waals surface area contributed by atoms with Gasteiger partial charge in [0.2, 0.25) is 11.8 Å². The average molecular weight is 859 g/mol. The fourth-order valence-electron chi connectivity index (χ4n) is 8.27. The van der Waals surface area contributed by atoms with Crippen LogP contribution in [0.5, 0.6) is 0 Å². The molecule has 0 aromatic carbocycles. The first kappa shape index (κ1) is 56.6. The molecular formula is C48H94N2O10. The van der Waals surface area contributed by atoms with Crippen molar-refractivity contribution in [2.75, 3.05) is 13.2 Å². The molecule has 1 heterocycles. The molecule has 0 saturated carbocycles. The summed E-state index contributed by atoms with van der Waals surface area (Å²) in [6.07, 6.45) is 24.9. The van der Waals surface area contributed by atoms with E-state index < -0.39 is 80.0 Å². The summed E-state index contributed by atoms with van der Waals surface area (Å²) in [6.45, 7) is 6.96. The largest absolute Gasteiger partial charge is 0.394 e. The highest BCUT2D eigenvalue weighted by Gasteiger charge is 2.46. The van der Waals surface area contributed by atoms with Crippen molar-refractivity contribution in [3.8, 4) is 0 Å². The van der Waals surface area contributed by atoms with Crippen molar-refractivity contribution < 1.29 is 49.7 Å². The molecule has 0 radical (unpaired) electrons. The van der Waals surface area contributed by atoms with Crippen LogP contribution in [0.4, 0.5) is 0 Å². The lowest BCUT2D eigenvalue weighted by Gasteiger charge is -2.42. The van der Waals surface area contributed by atoms with E-state index in [1.54, 1.807) is 0 Å². The van der Waals surface area contributed by atoms with Crippen LogP contribution in [0, 0.1) is 5.92 Å². The number of carbonyl (C=O) groups is 2. The Morgan fingerprint density at radius 2 is 1.03 bits per heavy atom. The van der Waals surface area contributed by atoms with Crippen LogP contribution in [0.25, 0.3) is 0 Å². The van der Waals surface area contributed by atoms with Crippen molar-refractivity contribution in [1.29, 1.82) is 0 Å². The first-order valence-corrected chi connectivity index (χ1v) is 24.8. The highest BCUT2D eigenvalue weighted by atomic mass is 16.7. The molecule has 0 unspecified atom stereocenters. The van der Waals surface area contributed by atoms with Gasteiger partial charge in [0.15, 0.2) is 6.29 Å². The molecule has 1 fully saturated rings. The van der Waals surface area contributed by atoms with E-state index in [0.29, 0.717) is 19.3 Å². The van der Waals surface area contributed by atoms with Gasteiger partial charge in [-0.2, -0.15) is 0 Å². The maximum Gasteiger partial charge on any atom is 0.249 e. The second-order valence-electron chi connectivity index (χ2n) is 18.4. The van der Waals surface area contributed by atoms with E-state index in [1.165, 1.54) is 135 Å². The van der Waals surface area contributed by atoms with E-state index in [0.717, 1.165) is 44.4 Å². The topological polar surface area (TPSA) is 198 Å². The molecule has 12 heteroatoms. The summed E-state index contributed by atoms with van der Waals surface area (Å²) in [6, 6.07) is -2.38. The Bertz CT molecular complexity index is 1020. The monoisotopic (exact) mass is 859 g/mol. The van der Waals surface area contributed by atoms with Gasteiger partial charge in [0, 0.05) is 6.92 Å². The average Bonchev–Trinajstić information content (AvgIpc) is 3.22. The molecule has 8 N–H and O–H groups in total. The van der Waals surface area contributed by atoms with Gasteiger partial charge in [-0.25, -0.2) is 0 Å². The van der Waals surface area contributed by atoms with Crippen LogP contribution in [0.1, 0.15) is 220 Å². The second-order valence-corrected chi connectivity index (χ2v) is 18.4. The predicted octanol–water partition coefficient (Wildman–Crippen LogP) is 7.89. The fraction of sp³-hybridized carbons (Fsp3) is 0.958. The molecule has 1 saturated heterocycles. The van der Waals surface area contributed by atoms with Gasteiger partial charge in [0.1, 0.15) is 36.6 Å². The number of hydrogen-bond acceptors (Lipinski definition) is 10. The van der Waals surface area contributed by atoms with Crippen molar-refractivity contribution in [2.45, 2.75) is 275 Å². The molecule has 2 amide bonds. The smallest absolute Gasteiger partial charge is 0.249 e. The summed E-state index contributed by atoms with van der Waals surface area (Å²) in [5, 5.41) is 69.0. The minimum Gasteiger partial charge on any atom is -0.394 e. The Morgan fingerprint density at radius 1 is 0.617 bits per heavy atom. The van der Waals surface area contributed by atoms with E-state index >= 15 is 0 Å². The summed E-state index contributed by atoms with van der Waals surface area (Å²) in [5.74, 6) is -0.473. The van der Waals surface area contributed by atoms with Crippen molar-refractivity contribution in [1.82, 2.24) is 10.6 Å². The Balaban J connectivity index is 2.52. The quantitative estimate of drug-likeness (QED) is 0.0281. The number of aliphatic hydroxyl groups excluding tert-OH is 6. The third-order valence-corrected chi connectivity index (χ3v) is 12.2. The minimum atomic E-state index is -1.53. The van der Waals surface area contributed by atoms with E-state index in [2.05, 4.69) is 31.4 Å². The summed E-state index contributed by atoms with van der Waals surface area (Å²) in [4.78, 5) is 25.1. The molecule has 1 rings (SSSR count). The molecule has 0 aromatic rings. The molecule has 1 aliphatic heterocycles. The minimum absolute atomic E-state index is 0.257. The van der Waals surface area contributed by atoms with Crippen LogP contribution in [0.15, 0.2) is 0 Å². The summed E-state index contributed by atoms with van der Waals surface area (Å²) < 4.78 is 11.6. The zero-order chi connectivity index (χ0) is 44.4. The number of amides is 2. The SMILES string of the molecule is CCCCCCCCCCCCCCCCCCCCC[C@H](O)C(=O)N[C@H](CO[C@H]1O[C@H](CO)[C@@H](O)[C@H](O)[C@H]1NC(C)=O)[C@@H](O)[C@@H](O)CCCCCCCCCCC(C)C. The lowest BCUT2D eigenvalue weighted by atomic mass is 9.96. The van der Waals surface area contributed by atoms with Gasteiger partial charge in [-0.15, -0.1) is 0 Å². The van der Waals surface area contributed by atoms with Gasteiger partial charge in [-0.3, -0.25) is 9.59 Å². The Morgan fingerprint density at radius 3 is 1.45 bits per heavy atom. The van der Waals surface area contributed by atoms with Gasteiger partial charge in [-0.1, -0.05) is 201 Å². The van der Waals surface area contributed by atoms with Crippen LogP contribution >= 0.6 is 0 Å². The number of ether oxygens (including phenoxy) is 2. The van der Waals surface area contributed by atoms with E-state index in [9.17, 15) is 40.2 Å². The zero-order valence-electron chi connectivity index (χ0n) is 38.7. The van der Waals surface area contributed by atoms with Crippen LogP contribution < -0.4 is 10.6 Å². The first-order chi connectivity index (χ1) is 28.9. The molecule has 0 spiro atoms. The molecule has 0 aliphatic carbocycles. The number of hydrogen-bond donors (Lipinski definition) is 8. The number of carbonyl (C=O) groups excluding carboxylic acids is 2. The van der Waals surface area contributed by atoms with Crippen LogP contribution in [0.3, 0.4) is 0 Å². The van der Waals surface area contributed by atoms with Crippen molar-refractivity contribution >= 4 is 11.8 Å². The van der Waals surface area contributed by atoms with Gasteiger partial charge >= 0.3 is 0 Å². The second kappa shape index (κ2) is 37.0. The molecule has 60 heavy (non-hydrogen) atoms. The fourth-order valence-corrected chi connectivity index (χ4v) is 8.27. The van der Waals surface area contributed by atoms with Crippen molar-refractivity contribution in [3.63, 3.8) is 0 Å². The Kier molecular flexibility index (Phi) is 35.0. The normalized spacial score (nSPS) is 21.5. The van der Waals surface area contributed by atoms with Gasteiger partial charge in [-0.05, 0) is 18.8 Å². The maximum absolute atomic E-state index is 13.2. The number of nitrogens with one attached hydrogen (secondary N) is 2. The number of aliphatic hydroxyl groups is 6. The molecule has 12 nitrogen and oxygen atoms in total. The van der Waals surface area contributed by atoms with Crippen molar-refractivity contribution in [2.24, 2.45) is 5.92 Å². The summed E-state index contributed by atoms with van der Waals surface area (Å²) in [7, 11) is 0. The molecule has 0 aromatic heterocycles. The van der Waals surface area contributed by atoms with Crippen LogP contribution in [0.2, 0.25) is 0 Å². The highest BCUT2D eigenvalue weighted by Crippen LogP contribution is 2.24. The first-order valence-electron chi connectivity index (χ1n) is 24.8. The van der Waals surface area contributed by atoms with Gasteiger partial charge in [0.25, 0.3) is 0 Å². The molecular weight excluding hydrogens is 765 g/mol. The zero-order valence-corrected chi connectivity index (χ0v) is 38.7. The third-order valence-electron chi connectivity index (χ3n) is 12.2. The lowest BCUT2D eigenvalue weighted by molar-refractivity contribution is -0.272. The van der Waals surface area contributed by atoms with Crippen LogP contribution in [-0.4, -0.2) is 111 Å². The molecule has 356 valence electrons.